The molecule has 15 heavy (non-hydrogen) atoms. The molecule has 0 amide bonds. The largest absolute Gasteiger partial charge is 0.299 e. The van der Waals surface area contributed by atoms with Crippen molar-refractivity contribution in [2.24, 2.45) is 0 Å². The molecule has 0 saturated carbocycles. The van der Waals surface area contributed by atoms with Gasteiger partial charge in [-0.15, -0.1) is 12.4 Å². The van der Waals surface area contributed by atoms with Crippen LogP contribution in [0.15, 0.2) is 24.3 Å². The molecule has 0 spiro atoms. The Hall–Kier alpha value is -1.04. The van der Waals surface area contributed by atoms with Gasteiger partial charge in [-0.25, -0.2) is 0 Å². The second kappa shape index (κ2) is 5.75. The lowest BCUT2D eigenvalue weighted by atomic mass is 10.1. The lowest BCUT2D eigenvalue weighted by molar-refractivity contribution is 0.331. The standard InChI is InChI=1S/C12H14N2.ClH/c13-9-11-3-5-12(6-4-11)10-14-7-1-2-8-14;/h3-6H,1-2,7-8,10H2;1H. The van der Waals surface area contributed by atoms with Gasteiger partial charge in [0.1, 0.15) is 0 Å². The third-order valence-electron chi connectivity index (χ3n) is 2.69. The van der Waals surface area contributed by atoms with Gasteiger partial charge in [0.05, 0.1) is 11.6 Å². The first-order valence-corrected chi connectivity index (χ1v) is 5.10. The summed E-state index contributed by atoms with van der Waals surface area (Å²) in [5.74, 6) is 0. The molecule has 0 unspecified atom stereocenters. The van der Waals surface area contributed by atoms with Crippen LogP contribution in [-0.4, -0.2) is 18.0 Å². The van der Waals surface area contributed by atoms with Gasteiger partial charge in [-0.1, -0.05) is 12.1 Å². The van der Waals surface area contributed by atoms with E-state index in [-0.39, 0.29) is 12.4 Å². The smallest absolute Gasteiger partial charge is 0.0991 e. The Morgan fingerprint density at radius 1 is 1.13 bits per heavy atom. The van der Waals surface area contributed by atoms with Gasteiger partial charge < -0.3 is 0 Å². The maximum atomic E-state index is 8.65. The summed E-state index contributed by atoms with van der Waals surface area (Å²) in [6.07, 6.45) is 2.66. The van der Waals surface area contributed by atoms with E-state index in [1.807, 2.05) is 12.1 Å². The molecular weight excluding hydrogens is 208 g/mol. The summed E-state index contributed by atoms with van der Waals surface area (Å²) in [6, 6.07) is 10.0. The Bertz CT molecular complexity index is 334. The van der Waals surface area contributed by atoms with Crippen molar-refractivity contribution in [2.45, 2.75) is 19.4 Å². The Labute approximate surface area is 96.9 Å². The van der Waals surface area contributed by atoms with Crippen molar-refractivity contribution >= 4 is 12.4 Å². The molecule has 80 valence electrons. The highest BCUT2D eigenvalue weighted by Gasteiger charge is 2.11. The number of hydrogen-bond donors (Lipinski definition) is 0. The number of benzene rings is 1. The van der Waals surface area contributed by atoms with E-state index in [2.05, 4.69) is 23.1 Å². The van der Waals surface area contributed by atoms with Crippen LogP contribution >= 0.6 is 12.4 Å². The number of nitrogens with zero attached hydrogens (tertiary/aromatic N) is 2. The first kappa shape index (κ1) is 12.0. The van der Waals surface area contributed by atoms with Crippen LogP contribution in [0, 0.1) is 11.3 Å². The minimum Gasteiger partial charge on any atom is -0.299 e. The Kier molecular flexibility index (Phi) is 4.61. The zero-order valence-electron chi connectivity index (χ0n) is 8.65. The zero-order valence-corrected chi connectivity index (χ0v) is 9.46. The molecule has 0 N–H and O–H groups in total. The van der Waals surface area contributed by atoms with E-state index in [0.717, 1.165) is 12.1 Å². The fourth-order valence-corrected chi connectivity index (χ4v) is 1.88. The molecule has 2 nitrogen and oxygen atoms in total. The van der Waals surface area contributed by atoms with E-state index in [1.54, 1.807) is 0 Å². The van der Waals surface area contributed by atoms with Crippen LogP contribution < -0.4 is 0 Å². The molecule has 1 aliphatic rings. The molecule has 1 aromatic carbocycles. The van der Waals surface area contributed by atoms with Gasteiger partial charge >= 0.3 is 0 Å². The molecule has 3 heteroatoms. The SMILES string of the molecule is Cl.N#Cc1ccc(CN2CCCC2)cc1. The van der Waals surface area contributed by atoms with Gasteiger partial charge in [-0.3, -0.25) is 4.90 Å². The predicted octanol–water partition coefficient (Wildman–Crippen LogP) is 2.58. The second-order valence-corrected chi connectivity index (χ2v) is 3.79. The first-order chi connectivity index (χ1) is 6.88. The summed E-state index contributed by atoms with van der Waals surface area (Å²) in [4.78, 5) is 2.46. The summed E-state index contributed by atoms with van der Waals surface area (Å²) < 4.78 is 0. The highest BCUT2D eigenvalue weighted by Crippen LogP contribution is 2.12. The lowest BCUT2D eigenvalue weighted by Crippen LogP contribution is -2.18. The van der Waals surface area contributed by atoms with Crippen LogP contribution in [0.2, 0.25) is 0 Å². The lowest BCUT2D eigenvalue weighted by Gasteiger charge is -2.14. The normalized spacial score (nSPS) is 15.7. The summed E-state index contributed by atoms with van der Waals surface area (Å²) in [5.41, 5.74) is 2.06. The van der Waals surface area contributed by atoms with E-state index in [4.69, 9.17) is 5.26 Å². The van der Waals surface area contributed by atoms with Crippen molar-refractivity contribution in [3.8, 4) is 6.07 Å². The maximum Gasteiger partial charge on any atom is 0.0991 e. The molecule has 0 bridgehead atoms. The molecule has 2 rings (SSSR count). The molecule has 0 radical (unpaired) electrons. The van der Waals surface area contributed by atoms with E-state index in [1.165, 1.54) is 31.5 Å². The van der Waals surface area contributed by atoms with Crippen LogP contribution in [0.1, 0.15) is 24.0 Å². The average Bonchev–Trinajstić information content (AvgIpc) is 2.72. The monoisotopic (exact) mass is 222 g/mol. The summed E-state index contributed by atoms with van der Waals surface area (Å²) in [6.45, 7) is 3.48. The van der Waals surface area contributed by atoms with Gasteiger partial charge in [-0.05, 0) is 43.6 Å². The zero-order chi connectivity index (χ0) is 9.80. The van der Waals surface area contributed by atoms with Crippen LogP contribution in [0.5, 0.6) is 0 Å². The van der Waals surface area contributed by atoms with Gasteiger partial charge in [0, 0.05) is 6.54 Å². The Balaban J connectivity index is 0.00000112. The van der Waals surface area contributed by atoms with Crippen molar-refractivity contribution < 1.29 is 0 Å². The number of hydrogen-bond acceptors (Lipinski definition) is 2. The molecule has 0 atom stereocenters. The third-order valence-corrected chi connectivity index (χ3v) is 2.69. The van der Waals surface area contributed by atoms with Crippen molar-refractivity contribution in [3.05, 3.63) is 35.4 Å². The van der Waals surface area contributed by atoms with Crippen molar-refractivity contribution in [1.29, 1.82) is 5.26 Å². The summed E-state index contributed by atoms with van der Waals surface area (Å²) in [7, 11) is 0. The van der Waals surface area contributed by atoms with Crippen LogP contribution in [0.4, 0.5) is 0 Å². The quantitative estimate of drug-likeness (QED) is 0.769. The van der Waals surface area contributed by atoms with E-state index < -0.39 is 0 Å². The molecule has 1 aromatic rings. The van der Waals surface area contributed by atoms with Crippen molar-refractivity contribution in [3.63, 3.8) is 0 Å². The van der Waals surface area contributed by atoms with Gasteiger partial charge in [0.15, 0.2) is 0 Å². The number of rotatable bonds is 2. The van der Waals surface area contributed by atoms with Gasteiger partial charge in [-0.2, -0.15) is 5.26 Å². The molecule has 0 aromatic heterocycles. The van der Waals surface area contributed by atoms with Crippen LogP contribution in [0.25, 0.3) is 0 Å². The van der Waals surface area contributed by atoms with E-state index in [9.17, 15) is 0 Å². The minimum atomic E-state index is 0. The van der Waals surface area contributed by atoms with Gasteiger partial charge in [0.2, 0.25) is 0 Å². The van der Waals surface area contributed by atoms with Crippen molar-refractivity contribution in [1.82, 2.24) is 4.90 Å². The van der Waals surface area contributed by atoms with Crippen LogP contribution in [0.3, 0.4) is 0 Å². The third kappa shape index (κ3) is 3.23. The molecule has 1 aliphatic heterocycles. The van der Waals surface area contributed by atoms with Gasteiger partial charge in [0.25, 0.3) is 0 Å². The number of nitriles is 1. The van der Waals surface area contributed by atoms with E-state index >= 15 is 0 Å². The highest BCUT2D eigenvalue weighted by molar-refractivity contribution is 5.85. The van der Waals surface area contributed by atoms with Crippen LogP contribution in [-0.2, 0) is 6.54 Å². The topological polar surface area (TPSA) is 27.0 Å². The Morgan fingerprint density at radius 3 is 2.27 bits per heavy atom. The fraction of sp³-hybridized carbons (Fsp3) is 0.417. The average molecular weight is 223 g/mol. The fourth-order valence-electron chi connectivity index (χ4n) is 1.88. The molecule has 0 aliphatic carbocycles. The Morgan fingerprint density at radius 2 is 1.73 bits per heavy atom. The maximum absolute atomic E-state index is 8.65. The highest BCUT2D eigenvalue weighted by atomic mass is 35.5. The molecule has 1 saturated heterocycles. The number of likely N-dealkylation sites (tertiary alicyclic amines) is 1. The predicted molar refractivity (Wildman–Crippen MR) is 62.9 cm³/mol. The first-order valence-electron chi connectivity index (χ1n) is 5.10. The minimum absolute atomic E-state index is 0. The summed E-state index contributed by atoms with van der Waals surface area (Å²) >= 11 is 0. The summed E-state index contributed by atoms with van der Waals surface area (Å²) in [5, 5.41) is 8.65. The molecule has 1 fully saturated rings. The van der Waals surface area contributed by atoms with Crippen molar-refractivity contribution in [2.75, 3.05) is 13.1 Å². The van der Waals surface area contributed by atoms with E-state index in [0.29, 0.717) is 0 Å². The number of halogens is 1. The molecule has 1 heterocycles. The second-order valence-electron chi connectivity index (χ2n) is 3.79. The molecular formula is C12H15ClN2.